The Morgan fingerprint density at radius 3 is 2.44 bits per heavy atom. The number of aliphatic carboxylic acids is 1. The topological polar surface area (TPSA) is 76.1 Å². The molecule has 0 bridgehead atoms. The molecule has 0 atom stereocenters. The fraction of sp³-hybridized carbons (Fsp3) is 0.333. The molecule has 0 unspecified atom stereocenters. The number of nitrogens with zero attached hydrogens (tertiary/aromatic N) is 1. The average Bonchev–Trinajstić information content (AvgIpc) is 2.36. The molecule has 0 aromatic heterocycles. The normalized spacial score (nSPS) is 9.67. The zero-order valence-electron chi connectivity index (χ0n) is 10.3. The van der Waals surface area contributed by atoms with Crippen molar-refractivity contribution >= 4 is 12.1 Å². The molecule has 0 aliphatic rings. The summed E-state index contributed by atoms with van der Waals surface area (Å²) in [7, 11) is 2.95. The summed E-state index contributed by atoms with van der Waals surface area (Å²) < 4.78 is 10.1. The van der Waals surface area contributed by atoms with Crippen molar-refractivity contribution in [1.82, 2.24) is 4.90 Å². The van der Waals surface area contributed by atoms with Gasteiger partial charge in [-0.25, -0.2) is 4.79 Å². The molecular weight excluding hydrogens is 238 g/mol. The summed E-state index contributed by atoms with van der Waals surface area (Å²) in [4.78, 5) is 23.2. The minimum atomic E-state index is -0.966. The Kier molecular flexibility index (Phi) is 4.98. The van der Waals surface area contributed by atoms with Crippen molar-refractivity contribution in [2.75, 3.05) is 20.7 Å². The molecule has 0 aliphatic carbocycles. The third-order valence-corrected chi connectivity index (χ3v) is 2.24. The van der Waals surface area contributed by atoms with Gasteiger partial charge in [-0.2, -0.15) is 0 Å². The van der Waals surface area contributed by atoms with Gasteiger partial charge < -0.3 is 19.5 Å². The van der Waals surface area contributed by atoms with E-state index in [1.165, 1.54) is 19.1 Å². The summed E-state index contributed by atoms with van der Waals surface area (Å²) in [5.41, 5.74) is 0. The van der Waals surface area contributed by atoms with E-state index in [0.29, 0.717) is 11.5 Å². The predicted octanol–water partition coefficient (Wildman–Crippen LogP) is 1.60. The molecule has 1 aromatic rings. The molecule has 1 aromatic carbocycles. The van der Waals surface area contributed by atoms with Crippen LogP contribution in [0, 0.1) is 0 Å². The van der Waals surface area contributed by atoms with E-state index in [1.54, 1.807) is 24.3 Å². The number of methoxy groups -OCH3 is 1. The largest absolute Gasteiger partial charge is 0.493 e. The second-order valence-electron chi connectivity index (χ2n) is 3.58. The Bertz CT molecular complexity index is 432. The highest BCUT2D eigenvalue weighted by atomic mass is 16.6. The van der Waals surface area contributed by atoms with Crippen LogP contribution in [0.1, 0.15) is 6.42 Å². The number of hydrogen-bond acceptors (Lipinski definition) is 4. The molecule has 98 valence electrons. The van der Waals surface area contributed by atoms with E-state index in [9.17, 15) is 9.59 Å². The number of carboxylic acids is 1. The van der Waals surface area contributed by atoms with E-state index >= 15 is 0 Å². The number of carboxylic acid groups (broad SMARTS) is 1. The highest BCUT2D eigenvalue weighted by Crippen LogP contribution is 2.26. The minimum Gasteiger partial charge on any atom is -0.493 e. The molecule has 1 amide bonds. The lowest BCUT2D eigenvalue weighted by atomic mass is 10.3. The van der Waals surface area contributed by atoms with Crippen molar-refractivity contribution in [2.45, 2.75) is 6.42 Å². The van der Waals surface area contributed by atoms with Crippen LogP contribution in [0.4, 0.5) is 4.79 Å². The summed E-state index contributed by atoms with van der Waals surface area (Å²) in [5, 5.41) is 8.52. The number of carbonyl (C=O) groups excluding carboxylic acids is 1. The van der Waals surface area contributed by atoms with Gasteiger partial charge >= 0.3 is 12.1 Å². The Morgan fingerprint density at radius 2 is 1.89 bits per heavy atom. The molecule has 0 heterocycles. The highest BCUT2D eigenvalue weighted by Gasteiger charge is 2.14. The molecule has 0 aliphatic heterocycles. The van der Waals surface area contributed by atoms with Crippen LogP contribution < -0.4 is 9.47 Å². The molecule has 0 fully saturated rings. The lowest BCUT2D eigenvalue weighted by molar-refractivity contribution is -0.137. The van der Waals surface area contributed by atoms with Gasteiger partial charge in [-0.1, -0.05) is 12.1 Å². The second kappa shape index (κ2) is 6.48. The third-order valence-electron chi connectivity index (χ3n) is 2.24. The number of rotatable bonds is 5. The van der Waals surface area contributed by atoms with Crippen LogP contribution in [0.3, 0.4) is 0 Å². The first kappa shape index (κ1) is 13.8. The van der Waals surface area contributed by atoms with Crippen molar-refractivity contribution in [3.63, 3.8) is 0 Å². The highest BCUT2D eigenvalue weighted by molar-refractivity contribution is 5.72. The number of para-hydroxylation sites is 2. The van der Waals surface area contributed by atoms with Gasteiger partial charge in [0, 0.05) is 13.6 Å². The zero-order valence-corrected chi connectivity index (χ0v) is 10.3. The van der Waals surface area contributed by atoms with E-state index in [2.05, 4.69) is 0 Å². The molecule has 0 radical (unpaired) electrons. The lowest BCUT2D eigenvalue weighted by Gasteiger charge is -2.16. The Labute approximate surface area is 105 Å². The van der Waals surface area contributed by atoms with Crippen LogP contribution in [0.5, 0.6) is 11.5 Å². The van der Waals surface area contributed by atoms with Crippen LogP contribution >= 0.6 is 0 Å². The fourth-order valence-electron chi connectivity index (χ4n) is 1.23. The van der Waals surface area contributed by atoms with Crippen LogP contribution in [0.25, 0.3) is 0 Å². The maximum absolute atomic E-state index is 11.6. The van der Waals surface area contributed by atoms with Gasteiger partial charge in [-0.05, 0) is 12.1 Å². The number of amides is 1. The molecule has 6 nitrogen and oxygen atoms in total. The maximum Gasteiger partial charge on any atom is 0.415 e. The first-order valence-corrected chi connectivity index (χ1v) is 5.32. The van der Waals surface area contributed by atoms with Gasteiger partial charge in [0.2, 0.25) is 0 Å². The Hall–Kier alpha value is -2.24. The van der Waals surface area contributed by atoms with Crippen molar-refractivity contribution in [2.24, 2.45) is 0 Å². The molecular formula is C12H15NO5. The third kappa shape index (κ3) is 3.97. The molecule has 0 spiro atoms. The van der Waals surface area contributed by atoms with Gasteiger partial charge in [-0.3, -0.25) is 4.79 Å². The molecule has 1 N–H and O–H groups in total. The number of ether oxygens (including phenoxy) is 2. The smallest absolute Gasteiger partial charge is 0.415 e. The van der Waals surface area contributed by atoms with Crippen molar-refractivity contribution in [1.29, 1.82) is 0 Å². The first-order chi connectivity index (χ1) is 8.54. The summed E-state index contributed by atoms with van der Waals surface area (Å²) in [5.74, 6) is -0.225. The van der Waals surface area contributed by atoms with E-state index in [4.69, 9.17) is 14.6 Å². The van der Waals surface area contributed by atoms with Crippen molar-refractivity contribution < 1.29 is 24.2 Å². The molecule has 1 rings (SSSR count). The van der Waals surface area contributed by atoms with E-state index in [-0.39, 0.29) is 13.0 Å². The van der Waals surface area contributed by atoms with Crippen LogP contribution in [0.2, 0.25) is 0 Å². The van der Waals surface area contributed by atoms with Crippen LogP contribution in [-0.2, 0) is 4.79 Å². The average molecular weight is 253 g/mol. The summed E-state index contributed by atoms with van der Waals surface area (Å²) >= 11 is 0. The van der Waals surface area contributed by atoms with Crippen molar-refractivity contribution in [3.05, 3.63) is 24.3 Å². The van der Waals surface area contributed by atoms with Gasteiger partial charge in [0.15, 0.2) is 11.5 Å². The van der Waals surface area contributed by atoms with Gasteiger partial charge in [0.1, 0.15) is 0 Å². The van der Waals surface area contributed by atoms with Crippen LogP contribution in [0.15, 0.2) is 24.3 Å². The zero-order chi connectivity index (χ0) is 13.5. The van der Waals surface area contributed by atoms with Gasteiger partial charge in [0.25, 0.3) is 0 Å². The van der Waals surface area contributed by atoms with Crippen LogP contribution in [-0.4, -0.2) is 42.8 Å². The van der Waals surface area contributed by atoms with Gasteiger partial charge in [-0.15, -0.1) is 0 Å². The van der Waals surface area contributed by atoms with E-state index < -0.39 is 12.1 Å². The quantitative estimate of drug-likeness (QED) is 0.862. The summed E-state index contributed by atoms with van der Waals surface area (Å²) in [6.45, 7) is 0.0866. The second-order valence-corrected chi connectivity index (χ2v) is 3.58. The predicted molar refractivity (Wildman–Crippen MR) is 63.9 cm³/mol. The Balaban J connectivity index is 2.60. The van der Waals surface area contributed by atoms with E-state index in [0.717, 1.165) is 0 Å². The minimum absolute atomic E-state index is 0.0866. The monoisotopic (exact) mass is 253 g/mol. The summed E-state index contributed by atoms with van der Waals surface area (Å²) in [6.07, 6.45) is -0.752. The Morgan fingerprint density at radius 1 is 1.28 bits per heavy atom. The van der Waals surface area contributed by atoms with E-state index in [1.807, 2.05) is 0 Å². The summed E-state index contributed by atoms with van der Waals surface area (Å²) in [6, 6.07) is 6.73. The standard InChI is InChI=1S/C12H15NO5/c1-13(8-7-11(14)15)12(16)18-10-6-4-3-5-9(10)17-2/h3-6H,7-8H2,1-2H3,(H,14,15). The number of hydrogen-bond donors (Lipinski definition) is 1. The maximum atomic E-state index is 11.6. The SMILES string of the molecule is COc1ccccc1OC(=O)N(C)CCC(=O)O. The van der Waals surface area contributed by atoms with Gasteiger partial charge in [0.05, 0.1) is 13.5 Å². The number of benzene rings is 1. The number of carbonyl (C=O) groups is 2. The molecule has 18 heavy (non-hydrogen) atoms. The first-order valence-electron chi connectivity index (χ1n) is 5.32. The fourth-order valence-corrected chi connectivity index (χ4v) is 1.23. The molecule has 0 saturated heterocycles. The van der Waals surface area contributed by atoms with Crippen molar-refractivity contribution in [3.8, 4) is 11.5 Å². The lowest BCUT2D eigenvalue weighted by Crippen LogP contribution is -2.31. The molecule has 6 heteroatoms. The molecule has 0 saturated carbocycles.